The number of carbonyl (C=O) groups excluding carboxylic acids is 2. The third-order valence-corrected chi connectivity index (χ3v) is 5.85. The van der Waals surface area contributed by atoms with Crippen molar-refractivity contribution in [3.05, 3.63) is 88.9 Å². The number of hydrogen-bond acceptors (Lipinski definition) is 5. The molecule has 4 rings (SSSR count). The second-order valence-electron chi connectivity index (χ2n) is 8.23. The first-order valence-corrected chi connectivity index (χ1v) is 11.3. The molecular weight excluding hydrogens is 478 g/mol. The molecule has 2 amide bonds. The largest absolute Gasteiger partial charge is 0.417 e. The molecule has 0 radical (unpaired) electrons. The van der Waals surface area contributed by atoms with E-state index >= 15 is 0 Å². The molecule has 1 saturated heterocycles. The summed E-state index contributed by atoms with van der Waals surface area (Å²) in [7, 11) is 0. The number of rotatable bonds is 6. The van der Waals surface area contributed by atoms with E-state index in [9.17, 15) is 27.2 Å². The van der Waals surface area contributed by atoms with Crippen molar-refractivity contribution in [3.63, 3.8) is 0 Å². The highest BCUT2D eigenvalue weighted by molar-refractivity contribution is 5.96. The molecule has 36 heavy (non-hydrogen) atoms. The maximum atomic E-state index is 13.3. The predicted octanol–water partition coefficient (Wildman–Crippen LogP) is 3.57. The van der Waals surface area contributed by atoms with Crippen LogP contribution in [0.1, 0.15) is 32.0 Å². The number of aromatic nitrogens is 2. The van der Waals surface area contributed by atoms with Crippen LogP contribution in [0.15, 0.2) is 60.7 Å². The van der Waals surface area contributed by atoms with Crippen molar-refractivity contribution >= 4 is 17.6 Å². The third kappa shape index (κ3) is 5.96. The normalized spacial score (nSPS) is 14.0. The van der Waals surface area contributed by atoms with Gasteiger partial charge >= 0.3 is 6.18 Å². The summed E-state index contributed by atoms with van der Waals surface area (Å²) in [5.41, 5.74) is -0.295. The van der Waals surface area contributed by atoms with Crippen LogP contribution in [0.4, 0.5) is 23.4 Å². The standard InChI is InChI=1S/C25H23F4N5O2/c26-18-7-5-17(6-8-18)11-12-30-23(35)21-9-10-22(32-31-21)33-13-15-34(16-14-33)24(36)19-3-1-2-4-20(19)25(27,28)29/h1-10H,11-16H2,(H,30,35). The van der Waals surface area contributed by atoms with Gasteiger partial charge in [-0.3, -0.25) is 9.59 Å². The molecule has 0 spiro atoms. The Balaban J connectivity index is 1.29. The summed E-state index contributed by atoms with van der Waals surface area (Å²) < 4.78 is 52.8. The molecule has 7 nitrogen and oxygen atoms in total. The van der Waals surface area contributed by atoms with Crippen LogP contribution in [-0.4, -0.2) is 59.6 Å². The van der Waals surface area contributed by atoms with Crippen molar-refractivity contribution in [1.29, 1.82) is 0 Å². The molecule has 0 saturated carbocycles. The number of nitrogens with one attached hydrogen (secondary N) is 1. The van der Waals surface area contributed by atoms with Crippen molar-refractivity contribution in [2.45, 2.75) is 12.6 Å². The highest BCUT2D eigenvalue weighted by atomic mass is 19.4. The maximum Gasteiger partial charge on any atom is 0.417 e. The Kier molecular flexibility index (Phi) is 7.47. The number of hydrogen-bond donors (Lipinski definition) is 1. The van der Waals surface area contributed by atoms with Crippen molar-refractivity contribution in [2.24, 2.45) is 0 Å². The van der Waals surface area contributed by atoms with Gasteiger partial charge in [0.1, 0.15) is 5.82 Å². The van der Waals surface area contributed by atoms with Gasteiger partial charge in [0.25, 0.3) is 11.8 Å². The summed E-state index contributed by atoms with van der Waals surface area (Å²) in [4.78, 5) is 28.3. The molecule has 0 unspecified atom stereocenters. The summed E-state index contributed by atoms with van der Waals surface area (Å²) in [6, 6.07) is 13.9. The topological polar surface area (TPSA) is 78.4 Å². The number of nitrogens with zero attached hydrogens (tertiary/aromatic N) is 4. The average molecular weight is 501 g/mol. The molecule has 0 atom stereocenters. The molecule has 1 N–H and O–H groups in total. The molecule has 1 aliphatic rings. The second-order valence-corrected chi connectivity index (χ2v) is 8.23. The van der Waals surface area contributed by atoms with Crippen molar-refractivity contribution < 1.29 is 27.2 Å². The van der Waals surface area contributed by atoms with Gasteiger partial charge in [0.15, 0.2) is 11.5 Å². The lowest BCUT2D eigenvalue weighted by Gasteiger charge is -2.35. The molecule has 2 aromatic carbocycles. The van der Waals surface area contributed by atoms with Crippen molar-refractivity contribution in [1.82, 2.24) is 20.4 Å². The number of alkyl halides is 3. The molecule has 1 aromatic heterocycles. The Bertz CT molecular complexity index is 1210. The molecule has 2 heterocycles. The Hall–Kier alpha value is -4.02. The number of carbonyl (C=O) groups is 2. The third-order valence-electron chi connectivity index (χ3n) is 5.85. The van der Waals surface area contributed by atoms with Crippen molar-refractivity contribution in [2.75, 3.05) is 37.6 Å². The van der Waals surface area contributed by atoms with Crippen LogP contribution in [0.2, 0.25) is 0 Å². The Morgan fingerprint density at radius 3 is 2.22 bits per heavy atom. The molecule has 3 aromatic rings. The van der Waals surface area contributed by atoms with E-state index in [1.54, 1.807) is 18.2 Å². The van der Waals surface area contributed by atoms with Crippen LogP contribution in [0.3, 0.4) is 0 Å². The van der Waals surface area contributed by atoms with Crippen LogP contribution in [0.5, 0.6) is 0 Å². The highest BCUT2D eigenvalue weighted by Gasteiger charge is 2.36. The number of anilines is 1. The second kappa shape index (κ2) is 10.7. The first-order valence-electron chi connectivity index (χ1n) is 11.3. The lowest BCUT2D eigenvalue weighted by Crippen LogP contribution is -2.49. The molecule has 1 fully saturated rings. The molecular formula is C25H23F4N5O2. The van der Waals surface area contributed by atoms with E-state index in [0.717, 1.165) is 11.6 Å². The van der Waals surface area contributed by atoms with E-state index in [0.29, 0.717) is 31.9 Å². The molecule has 0 aliphatic carbocycles. The molecule has 1 aliphatic heterocycles. The minimum Gasteiger partial charge on any atom is -0.352 e. The monoisotopic (exact) mass is 501 g/mol. The quantitative estimate of drug-likeness (QED) is 0.523. The van der Waals surface area contributed by atoms with E-state index < -0.39 is 23.6 Å². The minimum atomic E-state index is -4.61. The van der Waals surface area contributed by atoms with Gasteiger partial charge in [0.2, 0.25) is 0 Å². The fraction of sp³-hybridized carbons (Fsp3) is 0.280. The zero-order chi connectivity index (χ0) is 25.7. The first-order chi connectivity index (χ1) is 17.2. The Labute approximate surface area is 204 Å². The number of halogens is 4. The number of piperazine rings is 1. The van der Waals surface area contributed by atoms with Gasteiger partial charge in [-0.15, -0.1) is 10.2 Å². The minimum absolute atomic E-state index is 0.135. The average Bonchev–Trinajstić information content (AvgIpc) is 2.89. The van der Waals surface area contributed by atoms with Gasteiger partial charge in [0, 0.05) is 32.7 Å². The lowest BCUT2D eigenvalue weighted by molar-refractivity contribution is -0.138. The summed E-state index contributed by atoms with van der Waals surface area (Å²) in [5, 5.41) is 10.8. The number of benzene rings is 2. The summed E-state index contributed by atoms with van der Waals surface area (Å²) in [6.45, 7) is 1.51. The summed E-state index contributed by atoms with van der Waals surface area (Å²) in [6.07, 6.45) is -4.08. The zero-order valence-electron chi connectivity index (χ0n) is 19.1. The van der Waals surface area contributed by atoms with Gasteiger partial charge in [-0.05, 0) is 48.4 Å². The molecule has 11 heteroatoms. The van der Waals surface area contributed by atoms with Crippen LogP contribution < -0.4 is 10.2 Å². The van der Waals surface area contributed by atoms with Crippen LogP contribution >= 0.6 is 0 Å². The Morgan fingerprint density at radius 1 is 0.889 bits per heavy atom. The summed E-state index contributed by atoms with van der Waals surface area (Å²) >= 11 is 0. The van der Waals surface area contributed by atoms with Gasteiger partial charge in [0.05, 0.1) is 11.1 Å². The maximum absolute atomic E-state index is 13.3. The fourth-order valence-electron chi connectivity index (χ4n) is 3.90. The van der Waals surface area contributed by atoms with E-state index in [2.05, 4.69) is 15.5 Å². The van der Waals surface area contributed by atoms with E-state index in [4.69, 9.17) is 0 Å². The van der Waals surface area contributed by atoms with Crippen molar-refractivity contribution in [3.8, 4) is 0 Å². The Morgan fingerprint density at radius 2 is 1.58 bits per heavy atom. The lowest BCUT2D eigenvalue weighted by atomic mass is 10.1. The fourth-order valence-corrected chi connectivity index (χ4v) is 3.90. The smallest absolute Gasteiger partial charge is 0.352 e. The molecule has 0 bridgehead atoms. The number of amides is 2. The predicted molar refractivity (Wildman–Crippen MR) is 124 cm³/mol. The van der Waals surface area contributed by atoms with Gasteiger partial charge in [-0.1, -0.05) is 24.3 Å². The highest BCUT2D eigenvalue weighted by Crippen LogP contribution is 2.32. The van der Waals surface area contributed by atoms with Crippen LogP contribution in [0.25, 0.3) is 0 Å². The first kappa shape index (κ1) is 25.1. The molecule has 188 valence electrons. The van der Waals surface area contributed by atoms with Crippen LogP contribution in [-0.2, 0) is 12.6 Å². The zero-order valence-corrected chi connectivity index (χ0v) is 19.1. The SMILES string of the molecule is O=C(NCCc1ccc(F)cc1)c1ccc(N2CCN(C(=O)c3ccccc3C(F)(F)F)CC2)nn1. The van der Waals surface area contributed by atoms with Gasteiger partial charge in [-0.25, -0.2) is 4.39 Å². The summed E-state index contributed by atoms with van der Waals surface area (Å²) in [5.74, 6) is -0.880. The van der Waals surface area contributed by atoms with E-state index in [1.165, 1.54) is 41.3 Å². The van der Waals surface area contributed by atoms with Gasteiger partial charge < -0.3 is 15.1 Å². The van der Waals surface area contributed by atoms with Gasteiger partial charge in [-0.2, -0.15) is 13.2 Å². The van der Waals surface area contributed by atoms with Crippen LogP contribution in [0, 0.1) is 5.82 Å². The van der Waals surface area contributed by atoms with E-state index in [-0.39, 0.29) is 30.2 Å². The van der Waals surface area contributed by atoms with E-state index in [1.807, 2.05) is 4.90 Å².